The molecule has 164 valence electrons. The van der Waals surface area contributed by atoms with E-state index in [1.807, 2.05) is 19.1 Å². The van der Waals surface area contributed by atoms with Crippen LogP contribution in [0.5, 0.6) is 0 Å². The molecule has 0 aliphatic carbocycles. The summed E-state index contributed by atoms with van der Waals surface area (Å²) in [6.45, 7) is 1.90. The summed E-state index contributed by atoms with van der Waals surface area (Å²) >= 11 is 1.18. The third-order valence-electron chi connectivity index (χ3n) is 5.24. The summed E-state index contributed by atoms with van der Waals surface area (Å²) in [7, 11) is 0. The first kappa shape index (κ1) is 21.1. The molecule has 0 aliphatic heterocycles. The second kappa shape index (κ2) is 8.29. The van der Waals surface area contributed by atoms with Gasteiger partial charge in [-0.2, -0.15) is 0 Å². The maximum Gasteiger partial charge on any atom is 0.336 e. The summed E-state index contributed by atoms with van der Waals surface area (Å²) < 4.78 is 34.6. The number of halogens is 2. The molecule has 8 heteroatoms. The van der Waals surface area contributed by atoms with Crippen molar-refractivity contribution >= 4 is 33.6 Å². The number of hydrogen-bond acceptors (Lipinski definition) is 5. The van der Waals surface area contributed by atoms with Crippen LogP contribution in [0.25, 0.3) is 27.6 Å². The number of nitrogens with zero attached hydrogens (tertiary/aromatic N) is 2. The van der Waals surface area contributed by atoms with Gasteiger partial charge in [0.2, 0.25) is 0 Å². The van der Waals surface area contributed by atoms with Gasteiger partial charge < -0.3 is 4.42 Å². The molecule has 2 heterocycles. The summed E-state index contributed by atoms with van der Waals surface area (Å²) in [6.07, 6.45) is 0. The van der Waals surface area contributed by atoms with Gasteiger partial charge in [0.1, 0.15) is 17.2 Å². The van der Waals surface area contributed by atoms with Gasteiger partial charge in [-0.05, 0) is 48.4 Å². The zero-order chi connectivity index (χ0) is 23.1. The van der Waals surface area contributed by atoms with E-state index in [0.29, 0.717) is 22.0 Å². The first-order valence-electron chi connectivity index (χ1n) is 10.0. The fraction of sp³-hybridized carbons (Fsp3) is 0.0800. The van der Waals surface area contributed by atoms with E-state index in [1.54, 1.807) is 30.3 Å². The predicted molar refractivity (Wildman–Crippen MR) is 124 cm³/mol. The van der Waals surface area contributed by atoms with Crippen LogP contribution in [-0.2, 0) is 5.75 Å². The number of benzene rings is 3. The molecule has 5 nitrogen and oxygen atoms in total. The molecule has 0 saturated heterocycles. The highest BCUT2D eigenvalue weighted by Crippen LogP contribution is 2.28. The number of hydrogen-bond donors (Lipinski definition) is 0. The molecule has 0 fully saturated rings. The SMILES string of the molecule is Cc1ccc2c(CSc3nc4ccccc4c(=O)n3-c3ccc(F)cc3F)cc(=O)oc2c1. The third kappa shape index (κ3) is 3.93. The van der Waals surface area contributed by atoms with Crippen LogP contribution in [-0.4, -0.2) is 9.55 Å². The maximum absolute atomic E-state index is 14.7. The lowest BCUT2D eigenvalue weighted by Crippen LogP contribution is -2.22. The second-order valence-corrected chi connectivity index (χ2v) is 8.47. The van der Waals surface area contributed by atoms with E-state index < -0.39 is 22.8 Å². The Bertz CT molecular complexity index is 1660. The number of aryl methyl sites for hydroxylation is 1. The Morgan fingerprint density at radius 3 is 2.61 bits per heavy atom. The highest BCUT2D eigenvalue weighted by Gasteiger charge is 2.17. The van der Waals surface area contributed by atoms with Crippen LogP contribution in [0.4, 0.5) is 8.78 Å². The first-order valence-corrected chi connectivity index (χ1v) is 11.0. The molecule has 0 radical (unpaired) electrons. The molecule has 0 bridgehead atoms. The molecular formula is C25H16F2N2O3S. The molecule has 5 rings (SSSR count). The Hall–Kier alpha value is -3.78. The summed E-state index contributed by atoms with van der Waals surface area (Å²) in [4.78, 5) is 29.9. The summed E-state index contributed by atoms with van der Waals surface area (Å²) in [5.74, 6) is -1.35. The molecule has 0 unspecified atom stereocenters. The van der Waals surface area contributed by atoms with Crippen LogP contribution in [0.1, 0.15) is 11.1 Å². The molecule has 0 N–H and O–H groups in total. The van der Waals surface area contributed by atoms with Gasteiger partial charge in [-0.15, -0.1) is 0 Å². The minimum atomic E-state index is -0.877. The van der Waals surface area contributed by atoms with Crippen molar-refractivity contribution in [2.75, 3.05) is 0 Å². The van der Waals surface area contributed by atoms with E-state index >= 15 is 0 Å². The fourth-order valence-electron chi connectivity index (χ4n) is 3.68. The number of para-hydroxylation sites is 1. The Labute approximate surface area is 190 Å². The van der Waals surface area contributed by atoms with Crippen LogP contribution in [0.3, 0.4) is 0 Å². The van der Waals surface area contributed by atoms with E-state index in [-0.39, 0.29) is 16.6 Å². The van der Waals surface area contributed by atoms with E-state index in [2.05, 4.69) is 4.98 Å². The van der Waals surface area contributed by atoms with Gasteiger partial charge in [-0.3, -0.25) is 9.36 Å². The lowest BCUT2D eigenvalue weighted by Gasteiger charge is -2.14. The highest BCUT2D eigenvalue weighted by molar-refractivity contribution is 7.98. The van der Waals surface area contributed by atoms with Crippen LogP contribution in [0.2, 0.25) is 0 Å². The van der Waals surface area contributed by atoms with Crippen molar-refractivity contribution in [1.29, 1.82) is 0 Å². The summed E-state index contributed by atoms with van der Waals surface area (Å²) in [5, 5.41) is 1.29. The standard InChI is InChI=1S/C25H16F2N2O3S/c1-14-6-8-17-15(11-23(30)32-22(17)10-14)13-33-25-28-20-5-3-2-4-18(20)24(31)29(25)21-9-7-16(26)12-19(21)27/h2-12H,13H2,1H3. The molecule has 0 amide bonds. The fourth-order valence-corrected chi connectivity index (χ4v) is 4.68. The van der Waals surface area contributed by atoms with Crippen LogP contribution in [0, 0.1) is 18.6 Å². The average Bonchev–Trinajstić information content (AvgIpc) is 2.78. The van der Waals surface area contributed by atoms with Gasteiger partial charge >= 0.3 is 5.63 Å². The highest BCUT2D eigenvalue weighted by atomic mass is 32.2. The van der Waals surface area contributed by atoms with Crippen molar-refractivity contribution in [3.8, 4) is 5.69 Å². The van der Waals surface area contributed by atoms with Gasteiger partial charge in [0, 0.05) is 23.3 Å². The Balaban J connectivity index is 1.67. The zero-order valence-corrected chi connectivity index (χ0v) is 18.2. The van der Waals surface area contributed by atoms with Gasteiger partial charge in [0.25, 0.3) is 5.56 Å². The number of rotatable bonds is 4. The minimum absolute atomic E-state index is 0.102. The largest absolute Gasteiger partial charge is 0.423 e. The molecule has 0 spiro atoms. The van der Waals surface area contributed by atoms with Gasteiger partial charge in [-0.25, -0.2) is 18.6 Å². The molecule has 0 atom stereocenters. The number of thioether (sulfide) groups is 1. The monoisotopic (exact) mass is 462 g/mol. The molecular weight excluding hydrogens is 446 g/mol. The summed E-state index contributed by atoms with van der Waals surface area (Å²) in [6, 6.07) is 16.7. The maximum atomic E-state index is 14.7. The summed E-state index contributed by atoms with van der Waals surface area (Å²) in [5.41, 5.74) is 1.50. The van der Waals surface area contributed by atoms with Crippen molar-refractivity contribution in [2.45, 2.75) is 17.8 Å². The normalized spacial score (nSPS) is 11.4. The Kier molecular flexibility index (Phi) is 5.30. The smallest absolute Gasteiger partial charge is 0.336 e. The molecule has 0 saturated carbocycles. The van der Waals surface area contributed by atoms with Gasteiger partial charge in [-0.1, -0.05) is 36.0 Å². The van der Waals surface area contributed by atoms with E-state index in [0.717, 1.165) is 27.6 Å². The molecule has 5 aromatic rings. The van der Waals surface area contributed by atoms with Crippen molar-refractivity contribution in [2.24, 2.45) is 0 Å². The van der Waals surface area contributed by atoms with E-state index in [1.165, 1.54) is 23.9 Å². The van der Waals surface area contributed by atoms with Crippen molar-refractivity contribution < 1.29 is 13.2 Å². The molecule has 2 aromatic heterocycles. The Morgan fingerprint density at radius 2 is 1.79 bits per heavy atom. The van der Waals surface area contributed by atoms with E-state index in [4.69, 9.17) is 4.42 Å². The third-order valence-corrected chi connectivity index (χ3v) is 6.23. The zero-order valence-electron chi connectivity index (χ0n) is 17.3. The van der Waals surface area contributed by atoms with Crippen molar-refractivity contribution in [3.05, 3.63) is 110 Å². The van der Waals surface area contributed by atoms with Crippen molar-refractivity contribution in [1.82, 2.24) is 9.55 Å². The van der Waals surface area contributed by atoms with Crippen molar-refractivity contribution in [3.63, 3.8) is 0 Å². The van der Waals surface area contributed by atoms with Gasteiger partial charge in [0.05, 0.1) is 16.6 Å². The molecule has 0 aliphatic rings. The van der Waals surface area contributed by atoms with Gasteiger partial charge in [0.15, 0.2) is 5.16 Å². The van der Waals surface area contributed by atoms with Crippen LogP contribution >= 0.6 is 11.8 Å². The lowest BCUT2D eigenvalue weighted by molar-refractivity contribution is 0.559. The predicted octanol–water partition coefficient (Wildman–Crippen LogP) is 5.37. The number of aromatic nitrogens is 2. The molecule has 33 heavy (non-hydrogen) atoms. The van der Waals surface area contributed by atoms with Crippen LogP contribution < -0.4 is 11.2 Å². The second-order valence-electron chi connectivity index (χ2n) is 7.53. The average molecular weight is 462 g/mol. The molecule has 3 aromatic carbocycles. The Morgan fingerprint density at radius 1 is 0.970 bits per heavy atom. The quantitative estimate of drug-likeness (QED) is 0.204. The van der Waals surface area contributed by atoms with E-state index in [9.17, 15) is 18.4 Å². The topological polar surface area (TPSA) is 65.1 Å². The minimum Gasteiger partial charge on any atom is -0.423 e. The number of fused-ring (bicyclic) bond motifs is 2. The first-order chi connectivity index (χ1) is 15.9. The lowest BCUT2D eigenvalue weighted by atomic mass is 10.1. The van der Waals surface area contributed by atoms with Crippen LogP contribution in [0.15, 0.2) is 85.9 Å².